The third-order valence-corrected chi connectivity index (χ3v) is 4.51. The Labute approximate surface area is 139 Å². The molecule has 23 heavy (non-hydrogen) atoms. The lowest BCUT2D eigenvalue weighted by Gasteiger charge is -2.30. The van der Waals surface area contributed by atoms with E-state index in [9.17, 15) is 4.79 Å². The largest absolute Gasteiger partial charge is 0.441 e. The van der Waals surface area contributed by atoms with Crippen LogP contribution in [0.15, 0.2) is 78.9 Å². The maximum atomic E-state index is 12.5. The number of benzene rings is 3. The third-order valence-electron chi connectivity index (χ3n) is 4.19. The molecule has 0 saturated carbocycles. The van der Waals surface area contributed by atoms with E-state index in [1.807, 2.05) is 60.7 Å². The average molecular weight is 321 g/mol. The quantitative estimate of drug-likeness (QED) is 0.634. The van der Waals surface area contributed by atoms with Crippen molar-refractivity contribution in [2.75, 3.05) is 0 Å². The van der Waals surface area contributed by atoms with Gasteiger partial charge in [-0.05, 0) is 12.1 Å². The van der Waals surface area contributed by atoms with Crippen LogP contribution in [0.2, 0.25) is 5.02 Å². The van der Waals surface area contributed by atoms with E-state index in [0.717, 1.165) is 11.1 Å². The monoisotopic (exact) mass is 320 g/mol. The van der Waals surface area contributed by atoms with Crippen LogP contribution in [0.5, 0.6) is 0 Å². The zero-order valence-electron chi connectivity index (χ0n) is 12.2. The number of hydrogen-bond donors (Lipinski definition) is 0. The van der Waals surface area contributed by atoms with Crippen LogP contribution in [-0.4, -0.2) is 5.97 Å². The summed E-state index contributed by atoms with van der Waals surface area (Å²) >= 11 is 6.49. The summed E-state index contributed by atoms with van der Waals surface area (Å²) in [6.45, 7) is 0. The molecule has 4 rings (SSSR count). The Morgan fingerprint density at radius 3 is 1.87 bits per heavy atom. The molecule has 0 atom stereocenters. The molecule has 0 N–H and O–H groups in total. The number of carbonyl (C=O) groups is 1. The van der Waals surface area contributed by atoms with Crippen molar-refractivity contribution >= 4 is 17.6 Å². The van der Waals surface area contributed by atoms with Gasteiger partial charge in [-0.2, -0.15) is 0 Å². The SMILES string of the molecule is O=C1OC(c2ccccc2)(c2ccccc2)c2c(Cl)cccc21. The Hall–Kier alpha value is -2.58. The number of rotatable bonds is 2. The smallest absolute Gasteiger partial charge is 0.340 e. The first-order chi connectivity index (χ1) is 11.2. The van der Waals surface area contributed by atoms with Gasteiger partial charge in [0.2, 0.25) is 0 Å². The highest BCUT2D eigenvalue weighted by molar-refractivity contribution is 6.32. The van der Waals surface area contributed by atoms with E-state index in [4.69, 9.17) is 16.3 Å². The number of ether oxygens (including phenoxy) is 1. The molecule has 0 saturated heterocycles. The molecule has 3 aromatic rings. The second-order valence-corrected chi connectivity index (χ2v) is 5.87. The molecule has 0 unspecified atom stereocenters. The van der Waals surface area contributed by atoms with Crippen LogP contribution in [0, 0.1) is 0 Å². The van der Waals surface area contributed by atoms with Crippen LogP contribution >= 0.6 is 11.6 Å². The van der Waals surface area contributed by atoms with Crippen molar-refractivity contribution in [1.82, 2.24) is 0 Å². The van der Waals surface area contributed by atoms with Gasteiger partial charge in [-0.15, -0.1) is 0 Å². The second kappa shape index (κ2) is 5.25. The standard InChI is InChI=1S/C20H13ClO2/c21-17-13-7-12-16-18(17)20(23-19(16)22,14-8-3-1-4-9-14)15-10-5-2-6-11-15/h1-13H. The predicted molar refractivity (Wildman–Crippen MR) is 89.6 cm³/mol. The van der Waals surface area contributed by atoms with Crippen molar-refractivity contribution < 1.29 is 9.53 Å². The molecule has 0 aromatic heterocycles. The summed E-state index contributed by atoms with van der Waals surface area (Å²) in [5, 5.41) is 0.529. The fraction of sp³-hybridized carbons (Fsp3) is 0.0500. The first kappa shape index (κ1) is 14.0. The van der Waals surface area contributed by atoms with Gasteiger partial charge in [0.1, 0.15) is 0 Å². The topological polar surface area (TPSA) is 26.3 Å². The van der Waals surface area contributed by atoms with Gasteiger partial charge in [0, 0.05) is 21.7 Å². The Balaban J connectivity index is 2.11. The van der Waals surface area contributed by atoms with Gasteiger partial charge < -0.3 is 4.74 Å². The van der Waals surface area contributed by atoms with Crippen LogP contribution in [0.25, 0.3) is 0 Å². The molecule has 2 nitrogen and oxygen atoms in total. The summed E-state index contributed by atoms with van der Waals surface area (Å²) in [6.07, 6.45) is 0. The van der Waals surface area contributed by atoms with Crippen LogP contribution < -0.4 is 0 Å². The molecular formula is C20H13ClO2. The van der Waals surface area contributed by atoms with Gasteiger partial charge in [0.05, 0.1) is 5.56 Å². The Bertz CT molecular complexity index is 833. The molecule has 0 spiro atoms. The Kier molecular flexibility index (Phi) is 3.21. The first-order valence-corrected chi connectivity index (χ1v) is 7.74. The number of carbonyl (C=O) groups excluding carboxylic acids is 1. The molecule has 0 radical (unpaired) electrons. The van der Waals surface area contributed by atoms with Gasteiger partial charge >= 0.3 is 5.97 Å². The minimum atomic E-state index is -1.01. The summed E-state index contributed by atoms with van der Waals surface area (Å²) in [4.78, 5) is 12.5. The van der Waals surface area contributed by atoms with Gasteiger partial charge in [-0.25, -0.2) is 4.79 Å². The second-order valence-electron chi connectivity index (χ2n) is 5.47. The number of cyclic esters (lactones) is 1. The summed E-state index contributed by atoms with van der Waals surface area (Å²) in [5.41, 5.74) is 1.99. The van der Waals surface area contributed by atoms with E-state index in [2.05, 4.69) is 0 Å². The highest BCUT2D eigenvalue weighted by Gasteiger charge is 2.49. The fourth-order valence-corrected chi connectivity index (χ4v) is 3.52. The molecule has 0 fully saturated rings. The number of halogens is 1. The van der Waals surface area contributed by atoms with Gasteiger partial charge in [0.25, 0.3) is 0 Å². The number of esters is 1. The minimum Gasteiger partial charge on any atom is -0.441 e. The first-order valence-electron chi connectivity index (χ1n) is 7.37. The molecule has 0 aliphatic carbocycles. The summed E-state index contributed by atoms with van der Waals surface area (Å²) in [6, 6.07) is 24.8. The van der Waals surface area contributed by atoms with Crippen molar-refractivity contribution in [3.8, 4) is 0 Å². The van der Waals surface area contributed by atoms with Gasteiger partial charge in [-0.1, -0.05) is 78.3 Å². The van der Waals surface area contributed by atoms with Crippen molar-refractivity contribution in [1.29, 1.82) is 0 Å². The van der Waals surface area contributed by atoms with E-state index < -0.39 is 5.60 Å². The lowest BCUT2D eigenvalue weighted by molar-refractivity contribution is 0.0252. The summed E-state index contributed by atoms with van der Waals surface area (Å²) in [7, 11) is 0. The van der Waals surface area contributed by atoms with Gasteiger partial charge in [0.15, 0.2) is 5.60 Å². The maximum absolute atomic E-state index is 12.5. The van der Waals surface area contributed by atoms with E-state index in [-0.39, 0.29) is 5.97 Å². The van der Waals surface area contributed by atoms with Crippen molar-refractivity contribution in [3.63, 3.8) is 0 Å². The Morgan fingerprint density at radius 2 is 1.30 bits per heavy atom. The van der Waals surface area contributed by atoms with Crippen molar-refractivity contribution in [2.45, 2.75) is 5.60 Å². The molecule has 1 aliphatic rings. The van der Waals surface area contributed by atoms with Crippen LogP contribution in [0.1, 0.15) is 27.0 Å². The zero-order valence-corrected chi connectivity index (χ0v) is 13.0. The number of fused-ring (bicyclic) bond motifs is 1. The molecule has 1 heterocycles. The Morgan fingerprint density at radius 1 is 0.739 bits per heavy atom. The van der Waals surface area contributed by atoms with Crippen molar-refractivity contribution in [2.24, 2.45) is 0 Å². The molecule has 112 valence electrons. The summed E-state index contributed by atoms with van der Waals surface area (Å²) < 4.78 is 5.95. The highest BCUT2D eigenvalue weighted by Crippen LogP contribution is 2.49. The lowest BCUT2D eigenvalue weighted by atomic mass is 9.80. The normalized spacial score (nSPS) is 15.1. The molecule has 0 bridgehead atoms. The lowest BCUT2D eigenvalue weighted by Crippen LogP contribution is -2.29. The average Bonchev–Trinajstić information content (AvgIpc) is 2.92. The van der Waals surface area contributed by atoms with E-state index >= 15 is 0 Å². The molecular weight excluding hydrogens is 308 g/mol. The predicted octanol–water partition coefficient (Wildman–Crippen LogP) is 4.80. The van der Waals surface area contributed by atoms with E-state index in [1.165, 1.54) is 0 Å². The zero-order chi connectivity index (χ0) is 15.9. The molecule has 1 aliphatic heterocycles. The fourth-order valence-electron chi connectivity index (χ4n) is 3.22. The number of hydrogen-bond acceptors (Lipinski definition) is 2. The van der Waals surface area contributed by atoms with Crippen molar-refractivity contribution in [3.05, 3.63) is 106 Å². The van der Waals surface area contributed by atoms with E-state index in [1.54, 1.807) is 18.2 Å². The minimum absolute atomic E-state index is 0.352. The van der Waals surface area contributed by atoms with E-state index in [0.29, 0.717) is 16.1 Å². The summed E-state index contributed by atoms with van der Waals surface area (Å²) in [5.74, 6) is -0.352. The highest BCUT2D eigenvalue weighted by atomic mass is 35.5. The molecule has 0 amide bonds. The van der Waals surface area contributed by atoms with Crippen LogP contribution in [-0.2, 0) is 10.3 Å². The molecule has 3 aromatic carbocycles. The van der Waals surface area contributed by atoms with Gasteiger partial charge in [-0.3, -0.25) is 0 Å². The van der Waals surface area contributed by atoms with Crippen LogP contribution in [0.4, 0.5) is 0 Å². The maximum Gasteiger partial charge on any atom is 0.340 e. The van der Waals surface area contributed by atoms with Crippen LogP contribution in [0.3, 0.4) is 0 Å². The molecule has 3 heteroatoms. The third kappa shape index (κ3) is 1.99.